The summed E-state index contributed by atoms with van der Waals surface area (Å²) in [4.78, 5) is 26.6. The highest BCUT2D eigenvalue weighted by atomic mass is 79.9. The summed E-state index contributed by atoms with van der Waals surface area (Å²) >= 11 is 5.08. The Morgan fingerprint density at radius 1 is 1.12 bits per heavy atom. The fourth-order valence-corrected chi connectivity index (χ4v) is 4.42. The molecule has 10 heteroatoms. The predicted octanol–water partition coefficient (Wildman–Crippen LogP) is 3.41. The van der Waals surface area contributed by atoms with Crippen LogP contribution in [0, 0.1) is 0 Å². The quantitative estimate of drug-likeness (QED) is 0.674. The van der Waals surface area contributed by atoms with Crippen LogP contribution in [0.4, 0.5) is 19.9 Å². The molecule has 0 saturated carbocycles. The average Bonchev–Trinajstić information content (AvgIpc) is 3.04. The van der Waals surface area contributed by atoms with Gasteiger partial charge in [-0.2, -0.15) is 0 Å². The van der Waals surface area contributed by atoms with Crippen LogP contribution in [0.3, 0.4) is 0 Å². The number of piperazine rings is 1. The third kappa shape index (κ3) is 3.43. The van der Waals surface area contributed by atoms with Crippen molar-refractivity contribution in [2.75, 3.05) is 36.0 Å². The smallest absolute Gasteiger partial charge is 0.280 e. The maximum absolute atomic E-state index is 12.9. The first-order chi connectivity index (χ1) is 12.5. The molecule has 0 radical (unpaired) electrons. The van der Waals surface area contributed by atoms with Gasteiger partial charge in [0.25, 0.3) is 12.0 Å². The molecule has 136 valence electrons. The molecule has 3 heterocycles. The van der Waals surface area contributed by atoms with Crippen molar-refractivity contribution in [1.29, 1.82) is 0 Å². The molecule has 26 heavy (non-hydrogen) atoms. The van der Waals surface area contributed by atoms with Crippen LogP contribution in [0.1, 0.15) is 12.1 Å². The molecular weight excluding hydrogens is 428 g/mol. The Labute approximate surface area is 159 Å². The number of anilines is 2. The summed E-state index contributed by atoms with van der Waals surface area (Å²) in [5, 5.41) is 0.931. The maximum atomic E-state index is 12.9. The summed E-state index contributed by atoms with van der Waals surface area (Å²) in [5.74, 6) is 0.195. The normalized spacial score (nSPS) is 15.2. The molecule has 0 spiro atoms. The lowest BCUT2D eigenvalue weighted by Crippen LogP contribution is -2.47. The predicted molar refractivity (Wildman–Crippen MR) is 102 cm³/mol. The van der Waals surface area contributed by atoms with Gasteiger partial charge in [-0.1, -0.05) is 27.3 Å². The first-order valence-corrected chi connectivity index (χ1v) is 9.56. The molecule has 3 aromatic rings. The summed E-state index contributed by atoms with van der Waals surface area (Å²) in [6.07, 6.45) is -2.76. The molecular formula is C16H14BrF2N5OS. The first-order valence-electron chi connectivity index (χ1n) is 7.95. The molecule has 1 saturated heterocycles. The van der Waals surface area contributed by atoms with Gasteiger partial charge in [-0.3, -0.25) is 9.78 Å². The molecule has 1 fully saturated rings. The van der Waals surface area contributed by atoms with Gasteiger partial charge < -0.3 is 9.80 Å². The number of halogens is 3. The second-order valence-electron chi connectivity index (χ2n) is 5.88. The number of hydrogen-bond donors (Lipinski definition) is 1. The van der Waals surface area contributed by atoms with E-state index < -0.39 is 17.7 Å². The van der Waals surface area contributed by atoms with Gasteiger partial charge in [0, 0.05) is 36.7 Å². The van der Waals surface area contributed by atoms with Gasteiger partial charge in [0.05, 0.1) is 10.2 Å². The number of rotatable bonds is 3. The van der Waals surface area contributed by atoms with E-state index in [-0.39, 0.29) is 5.95 Å². The Kier molecular flexibility index (Phi) is 4.62. The SMILES string of the molecule is O=c1cc(C(F)F)nc(N2CCN(c3nc4ccc(Br)cc4s3)CC2)[nH]1. The van der Waals surface area contributed by atoms with Crippen LogP contribution >= 0.6 is 27.3 Å². The van der Waals surface area contributed by atoms with Crippen LogP contribution in [-0.4, -0.2) is 41.1 Å². The molecule has 0 bridgehead atoms. The van der Waals surface area contributed by atoms with E-state index in [1.54, 1.807) is 11.3 Å². The topological polar surface area (TPSA) is 65.1 Å². The molecule has 2 aromatic heterocycles. The minimum absolute atomic E-state index is 0.195. The van der Waals surface area contributed by atoms with Crippen LogP contribution in [0.2, 0.25) is 0 Å². The Hall–Kier alpha value is -2.07. The minimum Gasteiger partial charge on any atom is -0.345 e. The monoisotopic (exact) mass is 441 g/mol. The van der Waals surface area contributed by atoms with E-state index in [2.05, 4.69) is 35.8 Å². The van der Waals surface area contributed by atoms with Crippen LogP contribution in [0.5, 0.6) is 0 Å². The zero-order valence-electron chi connectivity index (χ0n) is 13.5. The molecule has 1 aromatic carbocycles. The molecule has 0 atom stereocenters. The molecule has 0 amide bonds. The Morgan fingerprint density at radius 2 is 1.85 bits per heavy atom. The Bertz CT molecular complexity index is 1000. The fraction of sp³-hybridized carbons (Fsp3) is 0.312. The lowest BCUT2D eigenvalue weighted by molar-refractivity contribution is 0.146. The largest absolute Gasteiger partial charge is 0.345 e. The Morgan fingerprint density at radius 3 is 2.58 bits per heavy atom. The van der Waals surface area contributed by atoms with E-state index in [0.717, 1.165) is 25.9 Å². The van der Waals surface area contributed by atoms with E-state index in [1.165, 1.54) is 0 Å². The van der Waals surface area contributed by atoms with Crippen molar-refractivity contribution in [1.82, 2.24) is 15.0 Å². The third-order valence-corrected chi connectivity index (χ3v) is 5.73. The molecule has 4 rings (SSSR count). The number of aromatic nitrogens is 3. The van der Waals surface area contributed by atoms with Gasteiger partial charge >= 0.3 is 0 Å². The number of H-pyrrole nitrogens is 1. The second kappa shape index (κ2) is 6.92. The van der Waals surface area contributed by atoms with Gasteiger partial charge in [0.2, 0.25) is 5.95 Å². The summed E-state index contributed by atoms with van der Waals surface area (Å²) in [6.45, 7) is 2.47. The first kappa shape index (κ1) is 17.3. The highest BCUT2D eigenvalue weighted by Gasteiger charge is 2.22. The van der Waals surface area contributed by atoms with E-state index in [0.29, 0.717) is 26.2 Å². The number of aromatic amines is 1. The van der Waals surface area contributed by atoms with Gasteiger partial charge in [-0.15, -0.1) is 0 Å². The number of nitrogens with one attached hydrogen (secondary N) is 1. The number of nitrogens with zero attached hydrogens (tertiary/aromatic N) is 4. The number of fused-ring (bicyclic) bond motifs is 1. The van der Waals surface area contributed by atoms with Crippen molar-refractivity contribution >= 4 is 48.6 Å². The maximum Gasteiger partial charge on any atom is 0.280 e. The molecule has 1 aliphatic heterocycles. The van der Waals surface area contributed by atoms with E-state index in [9.17, 15) is 13.6 Å². The fourth-order valence-electron chi connectivity index (χ4n) is 2.86. The Balaban J connectivity index is 1.51. The number of benzene rings is 1. The molecule has 0 unspecified atom stereocenters. The van der Waals surface area contributed by atoms with Crippen LogP contribution in [0.25, 0.3) is 10.2 Å². The minimum atomic E-state index is -2.76. The zero-order chi connectivity index (χ0) is 18.3. The van der Waals surface area contributed by atoms with E-state index in [4.69, 9.17) is 0 Å². The highest BCUT2D eigenvalue weighted by molar-refractivity contribution is 9.10. The number of hydrogen-bond acceptors (Lipinski definition) is 6. The number of alkyl halides is 2. The van der Waals surface area contributed by atoms with E-state index in [1.807, 2.05) is 23.1 Å². The number of thiazole rings is 1. The highest BCUT2D eigenvalue weighted by Crippen LogP contribution is 2.31. The zero-order valence-corrected chi connectivity index (χ0v) is 15.9. The average molecular weight is 442 g/mol. The van der Waals surface area contributed by atoms with Crippen LogP contribution in [0.15, 0.2) is 33.5 Å². The lowest BCUT2D eigenvalue weighted by Gasteiger charge is -2.34. The standard InChI is InChI=1S/C16H14BrF2N5OS/c17-9-1-2-10-12(7-9)26-16(21-10)24-5-3-23(4-6-24)15-20-11(14(18)19)8-13(25)22-15/h1-2,7-8,14H,3-6H2,(H,20,22,25). The van der Waals surface area contributed by atoms with Crippen LogP contribution < -0.4 is 15.4 Å². The van der Waals surface area contributed by atoms with Crippen molar-refractivity contribution in [3.8, 4) is 0 Å². The van der Waals surface area contributed by atoms with Crippen molar-refractivity contribution in [3.63, 3.8) is 0 Å². The van der Waals surface area contributed by atoms with E-state index >= 15 is 0 Å². The van der Waals surface area contributed by atoms with Crippen LogP contribution in [-0.2, 0) is 0 Å². The van der Waals surface area contributed by atoms with Crippen molar-refractivity contribution in [3.05, 3.63) is 44.8 Å². The summed E-state index contributed by atoms with van der Waals surface area (Å²) in [7, 11) is 0. The molecule has 6 nitrogen and oxygen atoms in total. The summed E-state index contributed by atoms with van der Waals surface area (Å²) in [6, 6.07) is 6.81. The molecule has 0 aliphatic carbocycles. The third-order valence-electron chi connectivity index (χ3n) is 4.16. The van der Waals surface area contributed by atoms with Gasteiger partial charge in [0.15, 0.2) is 5.13 Å². The summed E-state index contributed by atoms with van der Waals surface area (Å²) < 4.78 is 27.8. The molecule has 1 aliphatic rings. The molecule has 1 N–H and O–H groups in total. The van der Waals surface area contributed by atoms with Gasteiger partial charge in [0.1, 0.15) is 5.69 Å². The van der Waals surface area contributed by atoms with Crippen molar-refractivity contribution in [2.45, 2.75) is 6.43 Å². The second-order valence-corrected chi connectivity index (χ2v) is 7.80. The summed E-state index contributed by atoms with van der Waals surface area (Å²) in [5.41, 5.74) is -0.112. The van der Waals surface area contributed by atoms with Gasteiger partial charge in [-0.05, 0) is 18.2 Å². The van der Waals surface area contributed by atoms with Crippen molar-refractivity contribution < 1.29 is 8.78 Å². The lowest BCUT2D eigenvalue weighted by atomic mass is 10.3. The van der Waals surface area contributed by atoms with Crippen molar-refractivity contribution in [2.24, 2.45) is 0 Å². The van der Waals surface area contributed by atoms with Gasteiger partial charge in [-0.25, -0.2) is 18.7 Å².